The summed E-state index contributed by atoms with van der Waals surface area (Å²) in [5.74, 6) is 1.47. The second-order valence-corrected chi connectivity index (χ2v) is 6.69. The van der Waals surface area contributed by atoms with E-state index in [0.29, 0.717) is 27.3 Å². The van der Waals surface area contributed by atoms with Crippen LogP contribution in [0.15, 0.2) is 23.4 Å². The average Bonchev–Trinajstić information content (AvgIpc) is 3.29. The van der Waals surface area contributed by atoms with Gasteiger partial charge in [-0.1, -0.05) is 23.4 Å². The van der Waals surface area contributed by atoms with Crippen LogP contribution < -0.4 is 5.32 Å². The third-order valence-electron chi connectivity index (χ3n) is 3.52. The van der Waals surface area contributed by atoms with Crippen molar-refractivity contribution in [2.75, 3.05) is 11.1 Å². The summed E-state index contributed by atoms with van der Waals surface area (Å²) in [4.78, 5) is 12.1. The Morgan fingerprint density at radius 2 is 2.30 bits per heavy atom. The number of nitrogens with zero attached hydrogens (tertiary/aromatic N) is 4. The van der Waals surface area contributed by atoms with Gasteiger partial charge in [-0.15, -0.1) is 10.2 Å². The maximum Gasteiger partial charge on any atom is 0.234 e. The number of nitrogens with one attached hydrogen (secondary N) is 1. The highest BCUT2D eigenvalue weighted by molar-refractivity contribution is 7.99. The minimum atomic E-state index is -0.218. The van der Waals surface area contributed by atoms with E-state index in [1.165, 1.54) is 11.8 Å². The lowest BCUT2D eigenvalue weighted by Crippen LogP contribution is -2.15. The lowest BCUT2D eigenvalue weighted by molar-refractivity contribution is -0.113. The lowest BCUT2D eigenvalue weighted by Gasteiger charge is -2.07. The van der Waals surface area contributed by atoms with E-state index in [9.17, 15) is 4.79 Å². The normalized spacial score (nSPS) is 13.6. The molecule has 0 unspecified atom stereocenters. The molecule has 1 aromatic heterocycles. The van der Waals surface area contributed by atoms with Gasteiger partial charge in [-0.05, 0) is 31.0 Å². The zero-order chi connectivity index (χ0) is 16.4. The zero-order valence-electron chi connectivity index (χ0n) is 12.4. The largest absolute Gasteiger partial charge is 0.324 e. The van der Waals surface area contributed by atoms with Gasteiger partial charge in [0, 0.05) is 18.0 Å². The average molecular weight is 348 g/mol. The summed E-state index contributed by atoms with van der Waals surface area (Å²) in [6.07, 6.45) is 2.31. The van der Waals surface area contributed by atoms with Crippen LogP contribution >= 0.6 is 23.4 Å². The van der Waals surface area contributed by atoms with E-state index in [2.05, 4.69) is 15.5 Å². The number of thioether (sulfide) groups is 1. The summed E-state index contributed by atoms with van der Waals surface area (Å²) < 4.78 is 1.94. The molecular weight excluding hydrogens is 334 g/mol. The number of halogens is 1. The Kier molecular flexibility index (Phi) is 4.55. The fourth-order valence-corrected chi connectivity index (χ4v) is 3.07. The molecule has 0 bridgehead atoms. The molecule has 1 fully saturated rings. The fraction of sp³-hybridized carbons (Fsp3) is 0.333. The van der Waals surface area contributed by atoms with E-state index in [1.807, 2.05) is 17.7 Å². The lowest BCUT2D eigenvalue weighted by atomic mass is 10.2. The quantitative estimate of drug-likeness (QED) is 0.841. The van der Waals surface area contributed by atoms with Crippen molar-refractivity contribution in [1.29, 1.82) is 5.26 Å². The van der Waals surface area contributed by atoms with Crippen molar-refractivity contribution >= 4 is 35.0 Å². The molecule has 0 atom stereocenters. The molecule has 0 saturated heterocycles. The zero-order valence-corrected chi connectivity index (χ0v) is 14.0. The molecule has 0 radical (unpaired) electrons. The van der Waals surface area contributed by atoms with Gasteiger partial charge in [-0.25, -0.2) is 0 Å². The number of carbonyl (C=O) groups excluding carboxylic acids is 1. The van der Waals surface area contributed by atoms with Crippen molar-refractivity contribution in [3.8, 4) is 6.07 Å². The summed E-state index contributed by atoms with van der Waals surface area (Å²) >= 11 is 7.22. The Morgan fingerprint density at radius 1 is 1.52 bits per heavy atom. The smallest absolute Gasteiger partial charge is 0.234 e. The first-order valence-electron chi connectivity index (χ1n) is 7.10. The van der Waals surface area contributed by atoms with Crippen molar-refractivity contribution in [2.45, 2.75) is 23.9 Å². The number of amides is 1. The van der Waals surface area contributed by atoms with Crippen molar-refractivity contribution in [2.24, 2.45) is 7.05 Å². The molecule has 0 spiro atoms. The molecule has 23 heavy (non-hydrogen) atoms. The molecular formula is C15H14ClN5OS. The molecule has 3 rings (SSSR count). The molecule has 1 heterocycles. The molecule has 1 aromatic carbocycles. The van der Waals surface area contributed by atoms with E-state index in [-0.39, 0.29) is 11.7 Å². The third-order valence-corrected chi connectivity index (χ3v) is 4.77. The van der Waals surface area contributed by atoms with E-state index >= 15 is 0 Å². The summed E-state index contributed by atoms with van der Waals surface area (Å²) in [6, 6.07) is 6.79. The number of anilines is 1. The van der Waals surface area contributed by atoms with Crippen LogP contribution in [0.1, 0.15) is 30.1 Å². The van der Waals surface area contributed by atoms with E-state index in [1.54, 1.807) is 18.2 Å². The Bertz CT molecular complexity index is 794. The molecule has 1 aliphatic rings. The number of benzene rings is 1. The maximum atomic E-state index is 12.1. The number of aromatic nitrogens is 3. The molecule has 1 N–H and O–H groups in total. The van der Waals surface area contributed by atoms with E-state index in [0.717, 1.165) is 18.7 Å². The van der Waals surface area contributed by atoms with Crippen LogP contribution in [0.2, 0.25) is 5.02 Å². The monoisotopic (exact) mass is 347 g/mol. The number of rotatable bonds is 5. The molecule has 6 nitrogen and oxygen atoms in total. The number of hydrogen-bond donors (Lipinski definition) is 1. The molecule has 8 heteroatoms. The second-order valence-electron chi connectivity index (χ2n) is 5.31. The van der Waals surface area contributed by atoms with Crippen LogP contribution in [0, 0.1) is 11.3 Å². The van der Waals surface area contributed by atoms with Gasteiger partial charge in [0.15, 0.2) is 5.16 Å². The minimum Gasteiger partial charge on any atom is -0.324 e. The van der Waals surface area contributed by atoms with Gasteiger partial charge in [0.2, 0.25) is 5.91 Å². The van der Waals surface area contributed by atoms with Crippen LogP contribution in [-0.4, -0.2) is 26.4 Å². The Morgan fingerprint density at radius 3 is 3.00 bits per heavy atom. The molecule has 1 aliphatic carbocycles. The van der Waals surface area contributed by atoms with Gasteiger partial charge in [0.05, 0.1) is 17.0 Å². The van der Waals surface area contributed by atoms with E-state index in [4.69, 9.17) is 16.9 Å². The van der Waals surface area contributed by atoms with Crippen LogP contribution in [0.4, 0.5) is 5.69 Å². The van der Waals surface area contributed by atoms with Gasteiger partial charge in [-0.2, -0.15) is 5.26 Å². The highest BCUT2D eigenvalue weighted by atomic mass is 35.5. The van der Waals surface area contributed by atoms with Crippen LogP contribution in [0.3, 0.4) is 0 Å². The maximum absolute atomic E-state index is 12.1. The standard InChI is InChI=1S/C15H14ClN5OS/c1-21-14(9-2-3-9)19-20-15(21)23-8-13(22)18-12-6-11(16)5-4-10(12)7-17/h4-6,9H,2-3,8H2,1H3,(H,18,22). The third kappa shape index (κ3) is 3.66. The van der Waals surface area contributed by atoms with Gasteiger partial charge in [-0.3, -0.25) is 4.79 Å². The SMILES string of the molecule is Cn1c(SCC(=O)Nc2cc(Cl)ccc2C#N)nnc1C1CC1. The van der Waals surface area contributed by atoms with E-state index < -0.39 is 0 Å². The van der Waals surface area contributed by atoms with Gasteiger partial charge in [0.25, 0.3) is 0 Å². The number of nitriles is 1. The first-order valence-corrected chi connectivity index (χ1v) is 8.46. The molecule has 1 amide bonds. The van der Waals surface area contributed by atoms with Crippen LogP contribution in [0.5, 0.6) is 0 Å². The Balaban J connectivity index is 1.62. The minimum absolute atomic E-state index is 0.189. The van der Waals surface area contributed by atoms with Gasteiger partial charge >= 0.3 is 0 Å². The predicted octanol–water partition coefficient (Wildman–Crippen LogP) is 2.95. The Labute approximate surface area is 142 Å². The summed E-state index contributed by atoms with van der Waals surface area (Å²) in [5, 5.41) is 21.3. The molecule has 2 aromatic rings. The van der Waals surface area contributed by atoms with Crippen LogP contribution in [-0.2, 0) is 11.8 Å². The van der Waals surface area contributed by atoms with Crippen molar-refractivity contribution in [3.63, 3.8) is 0 Å². The van der Waals surface area contributed by atoms with Crippen molar-refractivity contribution < 1.29 is 4.79 Å². The summed E-state index contributed by atoms with van der Waals surface area (Å²) in [6.45, 7) is 0. The summed E-state index contributed by atoms with van der Waals surface area (Å²) in [7, 11) is 1.92. The second kappa shape index (κ2) is 6.60. The first kappa shape index (κ1) is 15.8. The van der Waals surface area contributed by atoms with Gasteiger partial charge < -0.3 is 9.88 Å². The molecule has 1 saturated carbocycles. The molecule has 0 aliphatic heterocycles. The first-order chi connectivity index (χ1) is 11.1. The van der Waals surface area contributed by atoms with Crippen molar-refractivity contribution in [3.05, 3.63) is 34.6 Å². The number of carbonyl (C=O) groups is 1. The highest BCUT2D eigenvalue weighted by Gasteiger charge is 2.29. The fourth-order valence-electron chi connectivity index (χ4n) is 2.18. The topological polar surface area (TPSA) is 83.6 Å². The van der Waals surface area contributed by atoms with Gasteiger partial charge in [0.1, 0.15) is 11.9 Å². The number of hydrogen-bond acceptors (Lipinski definition) is 5. The summed E-state index contributed by atoms with van der Waals surface area (Å²) in [5.41, 5.74) is 0.796. The predicted molar refractivity (Wildman–Crippen MR) is 88.5 cm³/mol. The van der Waals surface area contributed by atoms with Crippen LogP contribution in [0.25, 0.3) is 0 Å². The Hall–Kier alpha value is -2.04. The molecule has 118 valence electrons. The highest BCUT2D eigenvalue weighted by Crippen LogP contribution is 2.39. The van der Waals surface area contributed by atoms with Crippen molar-refractivity contribution in [1.82, 2.24) is 14.8 Å².